The van der Waals surface area contributed by atoms with E-state index in [0.717, 1.165) is 0 Å². The van der Waals surface area contributed by atoms with Crippen molar-refractivity contribution in [3.63, 3.8) is 0 Å². The van der Waals surface area contributed by atoms with Crippen LogP contribution < -0.4 is 9.47 Å². The molecule has 2 rings (SSSR count). The topological polar surface area (TPSA) is 96.0 Å². The summed E-state index contributed by atoms with van der Waals surface area (Å²) in [6.07, 6.45) is 0. The summed E-state index contributed by atoms with van der Waals surface area (Å²) in [7, 11) is 0. The van der Waals surface area contributed by atoms with E-state index < -0.39 is 30.3 Å². The van der Waals surface area contributed by atoms with Gasteiger partial charge in [-0.25, -0.2) is 0 Å². The fraction of sp³-hybridized carbons (Fsp3) is 0.222. The van der Waals surface area contributed by atoms with E-state index in [-0.39, 0.29) is 17.1 Å². The van der Waals surface area contributed by atoms with Crippen LogP contribution in [0.5, 0.6) is 11.5 Å². The Kier molecular flexibility index (Phi) is 5.49. The van der Waals surface area contributed by atoms with Gasteiger partial charge in [0, 0.05) is 37.1 Å². The van der Waals surface area contributed by atoms with Crippen LogP contribution in [-0.2, 0) is 19.1 Å². The third-order valence-corrected chi connectivity index (χ3v) is 3.17. The smallest absolute Gasteiger partial charge is 0.308 e. The lowest BCUT2D eigenvalue weighted by molar-refractivity contribution is -0.140. The lowest BCUT2D eigenvalue weighted by Crippen LogP contribution is -2.12. The van der Waals surface area contributed by atoms with Crippen LogP contribution in [0.1, 0.15) is 31.1 Å². The van der Waals surface area contributed by atoms with Gasteiger partial charge in [-0.15, -0.1) is 0 Å². The van der Waals surface area contributed by atoms with Gasteiger partial charge in [0.05, 0.1) is 0 Å². The van der Waals surface area contributed by atoms with Gasteiger partial charge in [0.15, 0.2) is 12.4 Å². The molecule has 0 aromatic heterocycles. The summed E-state index contributed by atoms with van der Waals surface area (Å²) in [5, 5.41) is 0.917. The number of carbonyl (C=O) groups excluding carboxylic acids is 4. The predicted octanol–water partition coefficient (Wildman–Crippen LogP) is 2.44. The molecule has 0 fully saturated rings. The highest BCUT2D eigenvalue weighted by Gasteiger charge is 2.15. The molecular weight excluding hydrogens is 328 g/mol. The fourth-order valence-electron chi connectivity index (χ4n) is 2.21. The van der Waals surface area contributed by atoms with Crippen LogP contribution >= 0.6 is 0 Å². The molecule has 2 aromatic rings. The molecule has 0 aliphatic heterocycles. The Labute approximate surface area is 143 Å². The van der Waals surface area contributed by atoms with E-state index in [9.17, 15) is 19.2 Å². The molecule has 0 spiro atoms. The zero-order valence-electron chi connectivity index (χ0n) is 14.0. The second-order valence-corrected chi connectivity index (χ2v) is 5.21. The quantitative estimate of drug-likeness (QED) is 0.467. The molecule has 0 aliphatic rings. The number of fused-ring (bicyclic) bond motifs is 1. The summed E-state index contributed by atoms with van der Waals surface area (Å²) >= 11 is 0. The molecule has 0 amide bonds. The van der Waals surface area contributed by atoms with Crippen LogP contribution in [0.25, 0.3) is 10.8 Å². The van der Waals surface area contributed by atoms with Gasteiger partial charge >= 0.3 is 17.9 Å². The van der Waals surface area contributed by atoms with Gasteiger partial charge in [-0.3, -0.25) is 19.2 Å². The molecule has 7 heteroatoms. The van der Waals surface area contributed by atoms with E-state index >= 15 is 0 Å². The number of esters is 3. The first-order chi connectivity index (χ1) is 11.8. The van der Waals surface area contributed by atoms with Crippen molar-refractivity contribution >= 4 is 34.5 Å². The first-order valence-electron chi connectivity index (χ1n) is 7.38. The number of hydrogen-bond donors (Lipinski definition) is 0. The summed E-state index contributed by atoms with van der Waals surface area (Å²) in [6.45, 7) is 3.33. The maximum Gasteiger partial charge on any atom is 0.308 e. The number of ether oxygens (including phenoxy) is 3. The van der Waals surface area contributed by atoms with Gasteiger partial charge in [0.25, 0.3) is 0 Å². The van der Waals surface area contributed by atoms with E-state index in [4.69, 9.17) is 14.2 Å². The Hall–Kier alpha value is -3.22. The second kappa shape index (κ2) is 7.57. The molecule has 0 bridgehead atoms. The predicted molar refractivity (Wildman–Crippen MR) is 87.5 cm³/mol. The van der Waals surface area contributed by atoms with Crippen molar-refractivity contribution in [3.05, 3.63) is 35.9 Å². The molecule has 0 aliphatic carbocycles. The van der Waals surface area contributed by atoms with Gasteiger partial charge in [-0.1, -0.05) is 6.07 Å². The van der Waals surface area contributed by atoms with E-state index in [1.165, 1.54) is 45.0 Å². The van der Waals surface area contributed by atoms with Crippen molar-refractivity contribution in [1.82, 2.24) is 0 Å². The van der Waals surface area contributed by atoms with E-state index in [1.54, 1.807) is 6.07 Å². The van der Waals surface area contributed by atoms with Crippen LogP contribution in [0.3, 0.4) is 0 Å². The Balaban J connectivity index is 2.51. The van der Waals surface area contributed by atoms with Crippen molar-refractivity contribution in [2.45, 2.75) is 20.8 Å². The monoisotopic (exact) mass is 344 g/mol. The molecule has 0 atom stereocenters. The van der Waals surface area contributed by atoms with Crippen LogP contribution in [0.15, 0.2) is 30.3 Å². The average molecular weight is 344 g/mol. The minimum atomic E-state index is -0.563. The minimum Gasteiger partial charge on any atom is -0.457 e. The molecule has 0 heterocycles. The third kappa shape index (κ3) is 4.63. The molecule has 2 aromatic carbocycles. The highest BCUT2D eigenvalue weighted by Crippen LogP contribution is 2.34. The number of hydrogen-bond acceptors (Lipinski definition) is 7. The van der Waals surface area contributed by atoms with Crippen molar-refractivity contribution in [2.24, 2.45) is 0 Å². The van der Waals surface area contributed by atoms with Crippen LogP contribution in [-0.4, -0.2) is 30.3 Å². The Morgan fingerprint density at radius 1 is 0.760 bits per heavy atom. The van der Waals surface area contributed by atoms with E-state index in [0.29, 0.717) is 10.8 Å². The first kappa shape index (κ1) is 18.1. The number of benzene rings is 2. The summed E-state index contributed by atoms with van der Waals surface area (Å²) in [4.78, 5) is 45.5. The zero-order valence-corrected chi connectivity index (χ0v) is 14.0. The van der Waals surface area contributed by atoms with E-state index in [1.807, 2.05) is 0 Å². The lowest BCUT2D eigenvalue weighted by atomic mass is 10.0. The van der Waals surface area contributed by atoms with Gasteiger partial charge in [-0.05, 0) is 24.3 Å². The van der Waals surface area contributed by atoms with Crippen molar-refractivity contribution < 1.29 is 33.4 Å². The average Bonchev–Trinajstić information content (AvgIpc) is 2.53. The van der Waals surface area contributed by atoms with Gasteiger partial charge in [0.2, 0.25) is 0 Å². The first-order valence-corrected chi connectivity index (χ1v) is 7.38. The number of ketones is 1. The fourth-order valence-corrected chi connectivity index (χ4v) is 2.21. The molecule has 0 N–H and O–H groups in total. The maximum atomic E-state index is 12.1. The molecule has 130 valence electrons. The largest absolute Gasteiger partial charge is 0.457 e. The summed E-state index contributed by atoms with van der Waals surface area (Å²) in [5.74, 6) is -1.51. The van der Waals surface area contributed by atoms with Gasteiger partial charge in [-0.2, -0.15) is 0 Å². The van der Waals surface area contributed by atoms with Gasteiger partial charge < -0.3 is 14.2 Å². The van der Waals surface area contributed by atoms with Crippen molar-refractivity contribution in [3.8, 4) is 11.5 Å². The molecule has 0 radical (unpaired) electrons. The standard InChI is InChI=1S/C18H16O7/c1-10(19)23-9-16(22)13-4-5-14-15(8-13)18(25-12(3)21)7-6-17(14)24-11(2)20/h4-8H,9H2,1-3H3. The zero-order chi connectivity index (χ0) is 18.6. The Bertz CT molecular complexity index is 867. The number of rotatable bonds is 5. The summed E-state index contributed by atoms with van der Waals surface area (Å²) in [5.41, 5.74) is 0.266. The van der Waals surface area contributed by atoms with Crippen LogP contribution in [0.2, 0.25) is 0 Å². The Morgan fingerprint density at radius 2 is 1.32 bits per heavy atom. The van der Waals surface area contributed by atoms with Crippen molar-refractivity contribution in [2.75, 3.05) is 6.61 Å². The van der Waals surface area contributed by atoms with Crippen molar-refractivity contribution in [1.29, 1.82) is 0 Å². The molecule has 7 nitrogen and oxygen atoms in total. The van der Waals surface area contributed by atoms with Gasteiger partial charge in [0.1, 0.15) is 11.5 Å². The number of Topliss-reactive ketones (excluding diaryl/α,β-unsaturated/α-hetero) is 1. The van der Waals surface area contributed by atoms with Crippen LogP contribution in [0, 0.1) is 0 Å². The normalized spacial score (nSPS) is 10.2. The summed E-state index contributed by atoms with van der Waals surface area (Å²) in [6, 6.07) is 7.55. The Morgan fingerprint density at radius 3 is 1.84 bits per heavy atom. The minimum absolute atomic E-state index is 0.223. The molecule has 0 saturated carbocycles. The SMILES string of the molecule is CC(=O)OCC(=O)c1ccc2c(OC(C)=O)ccc(OC(C)=O)c2c1. The molecule has 0 unspecified atom stereocenters. The highest BCUT2D eigenvalue weighted by molar-refractivity contribution is 6.04. The van der Waals surface area contributed by atoms with E-state index in [2.05, 4.69) is 0 Å². The summed E-state index contributed by atoms with van der Waals surface area (Å²) < 4.78 is 15.0. The molecular formula is C18H16O7. The maximum absolute atomic E-state index is 12.1. The molecule has 25 heavy (non-hydrogen) atoms. The van der Waals surface area contributed by atoms with Crippen LogP contribution in [0.4, 0.5) is 0 Å². The highest BCUT2D eigenvalue weighted by atomic mass is 16.5. The number of carbonyl (C=O) groups is 4. The lowest BCUT2D eigenvalue weighted by Gasteiger charge is -2.11. The second-order valence-electron chi connectivity index (χ2n) is 5.21. The molecule has 0 saturated heterocycles. The third-order valence-electron chi connectivity index (χ3n) is 3.17.